The van der Waals surface area contributed by atoms with E-state index in [9.17, 15) is 5.11 Å². The second-order valence-corrected chi connectivity index (χ2v) is 4.41. The van der Waals surface area contributed by atoms with E-state index in [0.717, 1.165) is 31.1 Å². The predicted molar refractivity (Wildman–Crippen MR) is 72.1 cm³/mol. The Morgan fingerprint density at radius 2 is 2.44 bits per heavy atom. The van der Waals surface area contributed by atoms with E-state index in [1.165, 1.54) is 0 Å². The number of aliphatic hydroxyl groups is 1. The van der Waals surface area contributed by atoms with Gasteiger partial charge in [0.2, 0.25) is 0 Å². The van der Waals surface area contributed by atoms with E-state index in [1.807, 2.05) is 18.2 Å². The van der Waals surface area contributed by atoms with Crippen LogP contribution in [0.25, 0.3) is 0 Å². The van der Waals surface area contributed by atoms with Gasteiger partial charge in [0.05, 0.1) is 25.9 Å². The van der Waals surface area contributed by atoms with E-state index in [1.54, 1.807) is 0 Å². The van der Waals surface area contributed by atoms with Gasteiger partial charge in [0, 0.05) is 13.1 Å². The molecule has 18 heavy (non-hydrogen) atoms. The van der Waals surface area contributed by atoms with Crippen molar-refractivity contribution in [2.24, 2.45) is 0 Å². The van der Waals surface area contributed by atoms with Crippen molar-refractivity contribution in [1.29, 1.82) is 0 Å². The van der Waals surface area contributed by atoms with E-state index in [2.05, 4.69) is 22.1 Å². The number of aromatic nitrogens is 1. The Hall–Kier alpha value is -1.33. The minimum Gasteiger partial charge on any atom is -0.394 e. The molecule has 1 aliphatic rings. The van der Waals surface area contributed by atoms with Gasteiger partial charge in [-0.2, -0.15) is 0 Å². The summed E-state index contributed by atoms with van der Waals surface area (Å²) in [5.74, 6) is 1.79. The second kappa shape index (κ2) is 6.56. The summed E-state index contributed by atoms with van der Waals surface area (Å²) in [5, 5.41) is 12.6. The van der Waals surface area contributed by atoms with Crippen LogP contribution in [-0.2, 0) is 4.74 Å². The molecule has 0 aliphatic carbocycles. The van der Waals surface area contributed by atoms with Crippen LogP contribution in [0.2, 0.25) is 0 Å². The smallest absolute Gasteiger partial charge is 0.131 e. The molecule has 1 atom stereocenters. The lowest BCUT2D eigenvalue weighted by Gasteiger charge is -2.35. The van der Waals surface area contributed by atoms with Crippen LogP contribution in [0, 0.1) is 0 Å². The summed E-state index contributed by atoms with van der Waals surface area (Å²) in [7, 11) is 0. The number of pyridine rings is 1. The summed E-state index contributed by atoms with van der Waals surface area (Å²) in [6.07, 6.45) is 1.07. The molecule has 1 aromatic rings. The van der Waals surface area contributed by atoms with Gasteiger partial charge >= 0.3 is 0 Å². The largest absolute Gasteiger partial charge is 0.394 e. The normalized spacial score (nSPS) is 19.9. The number of anilines is 2. The van der Waals surface area contributed by atoms with Gasteiger partial charge in [-0.15, -0.1) is 0 Å². The summed E-state index contributed by atoms with van der Waals surface area (Å²) in [5.41, 5.74) is 0. The van der Waals surface area contributed by atoms with Gasteiger partial charge in [0.15, 0.2) is 0 Å². The predicted octanol–water partition coefficient (Wildman–Crippen LogP) is 1.10. The molecule has 5 nitrogen and oxygen atoms in total. The van der Waals surface area contributed by atoms with Crippen molar-refractivity contribution >= 4 is 11.6 Å². The van der Waals surface area contributed by atoms with Gasteiger partial charge in [0.25, 0.3) is 0 Å². The molecule has 1 aromatic heterocycles. The van der Waals surface area contributed by atoms with Gasteiger partial charge in [-0.25, -0.2) is 4.98 Å². The van der Waals surface area contributed by atoms with Crippen LogP contribution in [0.3, 0.4) is 0 Å². The van der Waals surface area contributed by atoms with E-state index >= 15 is 0 Å². The Balaban J connectivity index is 2.10. The first-order valence-electron chi connectivity index (χ1n) is 6.51. The topological polar surface area (TPSA) is 57.6 Å². The van der Waals surface area contributed by atoms with Gasteiger partial charge in [0.1, 0.15) is 11.6 Å². The van der Waals surface area contributed by atoms with Crippen LogP contribution in [-0.4, -0.2) is 49.0 Å². The van der Waals surface area contributed by atoms with Crippen LogP contribution < -0.4 is 10.2 Å². The highest BCUT2D eigenvalue weighted by Crippen LogP contribution is 2.19. The van der Waals surface area contributed by atoms with Crippen LogP contribution in [0.5, 0.6) is 0 Å². The van der Waals surface area contributed by atoms with Gasteiger partial charge in [-0.3, -0.25) is 0 Å². The Labute approximate surface area is 108 Å². The molecule has 1 saturated heterocycles. The highest BCUT2D eigenvalue weighted by atomic mass is 16.5. The summed E-state index contributed by atoms with van der Waals surface area (Å²) in [6, 6.07) is 5.94. The lowest BCUT2D eigenvalue weighted by atomic mass is 10.2. The average molecular weight is 251 g/mol. The van der Waals surface area contributed by atoms with Crippen LogP contribution in [0.15, 0.2) is 18.2 Å². The maximum atomic E-state index is 9.37. The van der Waals surface area contributed by atoms with Gasteiger partial charge in [-0.1, -0.05) is 13.0 Å². The number of aliphatic hydroxyl groups excluding tert-OH is 1. The molecule has 0 bridgehead atoms. The lowest BCUT2D eigenvalue weighted by Crippen LogP contribution is -2.48. The molecule has 1 aliphatic heterocycles. The average Bonchev–Trinajstić information content (AvgIpc) is 2.45. The Bertz CT molecular complexity index is 373. The fourth-order valence-corrected chi connectivity index (χ4v) is 2.04. The summed E-state index contributed by atoms with van der Waals surface area (Å²) in [6.45, 7) is 5.16. The zero-order chi connectivity index (χ0) is 12.8. The quantitative estimate of drug-likeness (QED) is 0.820. The molecule has 0 spiro atoms. The molecule has 100 valence electrons. The third-order valence-corrected chi connectivity index (χ3v) is 3.02. The maximum Gasteiger partial charge on any atom is 0.131 e. The molecule has 0 radical (unpaired) electrons. The third-order valence-electron chi connectivity index (χ3n) is 3.02. The van der Waals surface area contributed by atoms with E-state index in [-0.39, 0.29) is 12.6 Å². The SMILES string of the molecule is CCCNc1cccc(N2CCOCC2CO)n1. The highest BCUT2D eigenvalue weighted by molar-refractivity contribution is 5.48. The molecule has 0 amide bonds. The van der Waals surface area contributed by atoms with Crippen molar-refractivity contribution in [3.8, 4) is 0 Å². The molecular weight excluding hydrogens is 230 g/mol. The van der Waals surface area contributed by atoms with E-state index < -0.39 is 0 Å². The summed E-state index contributed by atoms with van der Waals surface area (Å²) in [4.78, 5) is 6.69. The number of nitrogens with zero attached hydrogens (tertiary/aromatic N) is 2. The molecule has 5 heteroatoms. The summed E-state index contributed by atoms with van der Waals surface area (Å²) >= 11 is 0. The van der Waals surface area contributed by atoms with Crippen LogP contribution in [0.4, 0.5) is 11.6 Å². The van der Waals surface area contributed by atoms with E-state index in [4.69, 9.17) is 4.74 Å². The maximum absolute atomic E-state index is 9.37. The van der Waals surface area contributed by atoms with Gasteiger partial charge < -0.3 is 20.1 Å². The zero-order valence-corrected chi connectivity index (χ0v) is 10.8. The molecule has 1 fully saturated rings. The first-order chi connectivity index (χ1) is 8.85. The number of morpholine rings is 1. The Kier molecular flexibility index (Phi) is 4.78. The van der Waals surface area contributed by atoms with Crippen molar-refractivity contribution < 1.29 is 9.84 Å². The minimum atomic E-state index is 0.00711. The fourth-order valence-electron chi connectivity index (χ4n) is 2.04. The van der Waals surface area contributed by atoms with Crippen molar-refractivity contribution in [3.05, 3.63) is 18.2 Å². The zero-order valence-electron chi connectivity index (χ0n) is 10.8. The fraction of sp³-hybridized carbons (Fsp3) is 0.615. The first kappa shape index (κ1) is 13.1. The first-order valence-corrected chi connectivity index (χ1v) is 6.51. The lowest BCUT2D eigenvalue weighted by molar-refractivity contribution is 0.0723. The number of hydrogen-bond acceptors (Lipinski definition) is 5. The molecule has 2 N–H and O–H groups in total. The Morgan fingerprint density at radius 1 is 1.56 bits per heavy atom. The number of nitrogens with one attached hydrogen (secondary N) is 1. The second-order valence-electron chi connectivity index (χ2n) is 4.41. The molecule has 0 aromatic carbocycles. The third kappa shape index (κ3) is 3.11. The molecule has 0 saturated carbocycles. The van der Waals surface area contributed by atoms with Crippen molar-refractivity contribution in [2.75, 3.05) is 43.1 Å². The number of rotatable bonds is 5. The molecular formula is C13H21N3O2. The van der Waals surface area contributed by atoms with Crippen molar-refractivity contribution in [3.63, 3.8) is 0 Å². The standard InChI is InChI=1S/C13H21N3O2/c1-2-6-14-12-4-3-5-13(15-12)16-7-8-18-10-11(16)9-17/h3-5,11,17H,2,6-10H2,1H3,(H,14,15). The Morgan fingerprint density at radius 3 is 3.22 bits per heavy atom. The molecule has 2 heterocycles. The molecule has 2 rings (SSSR count). The van der Waals surface area contributed by atoms with Crippen molar-refractivity contribution in [2.45, 2.75) is 19.4 Å². The molecule has 1 unspecified atom stereocenters. The van der Waals surface area contributed by atoms with Gasteiger partial charge in [-0.05, 0) is 18.6 Å². The monoisotopic (exact) mass is 251 g/mol. The van der Waals surface area contributed by atoms with Crippen LogP contribution >= 0.6 is 0 Å². The highest BCUT2D eigenvalue weighted by Gasteiger charge is 2.23. The minimum absolute atomic E-state index is 0.00711. The van der Waals surface area contributed by atoms with E-state index in [0.29, 0.717) is 13.2 Å². The summed E-state index contributed by atoms with van der Waals surface area (Å²) < 4.78 is 5.37. The number of hydrogen-bond donors (Lipinski definition) is 2. The van der Waals surface area contributed by atoms with Crippen molar-refractivity contribution in [1.82, 2.24) is 4.98 Å². The van der Waals surface area contributed by atoms with Crippen LogP contribution in [0.1, 0.15) is 13.3 Å². The number of ether oxygens (including phenoxy) is 1.